The van der Waals surface area contributed by atoms with Crippen LogP contribution in [0.4, 0.5) is 0 Å². The van der Waals surface area contributed by atoms with Crippen molar-refractivity contribution in [2.45, 2.75) is 84.3 Å². The average Bonchev–Trinajstić information content (AvgIpc) is 3.65. The summed E-state index contributed by atoms with van der Waals surface area (Å²) in [6.45, 7) is 18.6. The van der Waals surface area contributed by atoms with Crippen LogP contribution < -0.4 is 10.6 Å². The number of aromatic nitrogens is 2. The molecule has 1 aromatic carbocycles. The van der Waals surface area contributed by atoms with Crippen LogP contribution in [0, 0.1) is 5.92 Å². The van der Waals surface area contributed by atoms with Crippen molar-refractivity contribution in [3.8, 4) is 0 Å². The molecule has 3 aromatic rings. The van der Waals surface area contributed by atoms with Crippen LogP contribution in [0.25, 0.3) is 11.0 Å². The number of aliphatic imine (C=N–C) groups is 1. The molecular formula is C35H48N6O2S. The first-order valence-electron chi connectivity index (χ1n) is 15.9. The summed E-state index contributed by atoms with van der Waals surface area (Å²) in [7, 11) is 0. The van der Waals surface area contributed by atoms with Gasteiger partial charge in [-0.3, -0.25) is 19.5 Å². The summed E-state index contributed by atoms with van der Waals surface area (Å²) in [5.41, 5.74) is 3.36. The maximum absolute atomic E-state index is 13.5. The second-order valence-corrected chi connectivity index (χ2v) is 13.2. The maximum Gasteiger partial charge on any atom is 0.252 e. The molecule has 0 unspecified atom stereocenters. The molecule has 1 aliphatic rings. The Balaban J connectivity index is 1.44. The monoisotopic (exact) mass is 616 g/mol. The van der Waals surface area contributed by atoms with Crippen LogP contribution in [0.2, 0.25) is 0 Å². The van der Waals surface area contributed by atoms with Crippen molar-refractivity contribution in [2.75, 3.05) is 19.6 Å². The number of rotatable bonds is 15. The summed E-state index contributed by atoms with van der Waals surface area (Å²) in [6.07, 6.45) is 8.58. The van der Waals surface area contributed by atoms with Gasteiger partial charge in [0.05, 0.1) is 11.0 Å². The number of nitrogens with zero attached hydrogens (tertiary/aromatic N) is 4. The average molecular weight is 617 g/mol. The van der Waals surface area contributed by atoms with Gasteiger partial charge in [0.15, 0.2) is 0 Å². The minimum absolute atomic E-state index is 0.0797. The quantitative estimate of drug-likeness (QED) is 0.150. The third-order valence-corrected chi connectivity index (χ3v) is 9.23. The Kier molecular flexibility index (Phi) is 12.1. The third kappa shape index (κ3) is 8.76. The molecule has 1 saturated heterocycles. The van der Waals surface area contributed by atoms with Gasteiger partial charge in [-0.25, -0.2) is 4.98 Å². The first kappa shape index (κ1) is 33.3. The number of hydrogen-bond donors (Lipinski definition) is 2. The predicted molar refractivity (Wildman–Crippen MR) is 183 cm³/mol. The molecule has 2 amide bonds. The summed E-state index contributed by atoms with van der Waals surface area (Å²) in [4.78, 5) is 39.3. The zero-order chi connectivity index (χ0) is 31.6. The number of hydrogen-bond acceptors (Lipinski definition) is 6. The molecule has 44 heavy (non-hydrogen) atoms. The highest BCUT2D eigenvalue weighted by molar-refractivity contribution is 7.09. The second kappa shape index (κ2) is 16.0. The fourth-order valence-corrected chi connectivity index (χ4v) is 6.73. The molecule has 1 fully saturated rings. The molecule has 9 heteroatoms. The zero-order valence-electron chi connectivity index (χ0n) is 26.7. The van der Waals surface area contributed by atoms with Gasteiger partial charge in [-0.2, -0.15) is 0 Å². The highest BCUT2D eigenvalue weighted by Gasteiger charge is 2.27. The number of nitrogens with one attached hydrogen (secondary N) is 2. The van der Waals surface area contributed by atoms with Crippen LogP contribution in [0.3, 0.4) is 0 Å². The number of thiophene rings is 1. The molecular weight excluding hydrogens is 568 g/mol. The van der Waals surface area contributed by atoms with Crippen LogP contribution in [0.5, 0.6) is 0 Å². The molecule has 0 spiro atoms. The molecule has 2 aromatic heterocycles. The fourth-order valence-electron chi connectivity index (χ4n) is 6.02. The molecule has 1 aliphatic heterocycles. The van der Waals surface area contributed by atoms with Crippen molar-refractivity contribution in [2.24, 2.45) is 10.9 Å². The molecule has 0 radical (unpaired) electrons. The predicted octanol–water partition coefficient (Wildman–Crippen LogP) is 6.55. The van der Waals surface area contributed by atoms with E-state index < -0.39 is 6.04 Å². The fraction of sp³-hybridized carbons (Fsp3) is 0.486. The zero-order valence-corrected chi connectivity index (χ0v) is 27.5. The number of likely N-dealkylation sites (tertiary alicyclic amines) is 1. The Bertz CT molecular complexity index is 1450. The van der Waals surface area contributed by atoms with E-state index in [0.29, 0.717) is 18.0 Å². The van der Waals surface area contributed by atoms with Crippen molar-refractivity contribution in [1.29, 1.82) is 0 Å². The highest BCUT2D eigenvalue weighted by Crippen LogP contribution is 2.28. The van der Waals surface area contributed by atoms with E-state index in [2.05, 4.69) is 83.6 Å². The van der Waals surface area contributed by atoms with Crippen molar-refractivity contribution >= 4 is 40.9 Å². The Labute approximate surface area is 266 Å². The smallest absolute Gasteiger partial charge is 0.252 e. The number of carbonyl (C=O) groups is 2. The number of benzene rings is 1. The van der Waals surface area contributed by atoms with E-state index in [-0.39, 0.29) is 23.8 Å². The lowest BCUT2D eigenvalue weighted by Gasteiger charge is -2.33. The van der Waals surface area contributed by atoms with E-state index in [1.165, 1.54) is 4.88 Å². The minimum Gasteiger partial charge on any atom is -0.351 e. The van der Waals surface area contributed by atoms with Gasteiger partial charge in [-0.15, -0.1) is 11.3 Å². The lowest BCUT2D eigenvalue weighted by molar-refractivity contribution is -0.124. The van der Waals surface area contributed by atoms with Crippen molar-refractivity contribution < 1.29 is 9.59 Å². The lowest BCUT2D eigenvalue weighted by Crippen LogP contribution is -2.52. The summed E-state index contributed by atoms with van der Waals surface area (Å²) in [6, 6.07) is 9.76. The molecule has 4 rings (SSSR count). The summed E-state index contributed by atoms with van der Waals surface area (Å²) >= 11 is 1.73. The largest absolute Gasteiger partial charge is 0.351 e. The normalized spacial score (nSPS) is 15.3. The molecule has 0 aliphatic carbocycles. The van der Waals surface area contributed by atoms with E-state index >= 15 is 0 Å². The number of carbonyl (C=O) groups excluding carboxylic acids is 2. The third-order valence-electron chi connectivity index (χ3n) is 8.35. The number of piperidine rings is 1. The second-order valence-electron chi connectivity index (χ2n) is 12.2. The van der Waals surface area contributed by atoms with Gasteiger partial charge in [0.2, 0.25) is 5.91 Å². The maximum atomic E-state index is 13.5. The Morgan fingerprint density at radius 2 is 1.93 bits per heavy atom. The van der Waals surface area contributed by atoms with Crippen LogP contribution in [0.15, 0.2) is 65.1 Å². The topological polar surface area (TPSA) is 91.6 Å². The van der Waals surface area contributed by atoms with Gasteiger partial charge in [0, 0.05) is 54.8 Å². The van der Waals surface area contributed by atoms with Crippen molar-refractivity contribution in [1.82, 2.24) is 25.1 Å². The molecule has 1 atom stereocenters. The van der Waals surface area contributed by atoms with Gasteiger partial charge in [-0.1, -0.05) is 40.3 Å². The summed E-state index contributed by atoms with van der Waals surface area (Å²) < 4.78 is 2.35. The van der Waals surface area contributed by atoms with Gasteiger partial charge >= 0.3 is 0 Å². The van der Waals surface area contributed by atoms with E-state index in [1.54, 1.807) is 17.5 Å². The molecule has 3 heterocycles. The Morgan fingerprint density at radius 3 is 2.57 bits per heavy atom. The number of amides is 2. The van der Waals surface area contributed by atoms with E-state index in [1.807, 2.05) is 24.3 Å². The van der Waals surface area contributed by atoms with Gasteiger partial charge in [-0.05, 0) is 86.0 Å². The SMILES string of the molecule is C=N/C=C\C(=C)CN1CCC(NC(=O)[C@H](CC(C)C)NC(=O)c2ccc3c(c2)nc(Cc2cccs2)n3C(CC)CC)CC1. The van der Waals surface area contributed by atoms with Gasteiger partial charge in [0.1, 0.15) is 11.9 Å². The van der Waals surface area contributed by atoms with Gasteiger partial charge < -0.3 is 15.2 Å². The molecule has 0 bridgehead atoms. The van der Waals surface area contributed by atoms with Crippen LogP contribution in [-0.2, 0) is 11.2 Å². The van der Waals surface area contributed by atoms with Crippen LogP contribution in [-0.4, -0.2) is 64.7 Å². The Hall–Kier alpha value is -3.56. The minimum atomic E-state index is -0.607. The lowest BCUT2D eigenvalue weighted by atomic mass is 10.00. The van der Waals surface area contributed by atoms with E-state index in [0.717, 1.165) is 74.2 Å². The van der Waals surface area contributed by atoms with Crippen LogP contribution >= 0.6 is 11.3 Å². The highest BCUT2D eigenvalue weighted by atomic mass is 32.1. The summed E-state index contributed by atoms with van der Waals surface area (Å²) in [5.74, 6) is 0.897. The van der Waals surface area contributed by atoms with Gasteiger partial charge in [0.25, 0.3) is 5.91 Å². The van der Waals surface area contributed by atoms with Crippen molar-refractivity contribution in [3.63, 3.8) is 0 Å². The molecule has 8 nitrogen and oxygen atoms in total. The molecule has 0 saturated carbocycles. The molecule has 236 valence electrons. The Morgan fingerprint density at radius 1 is 1.18 bits per heavy atom. The number of fused-ring (bicyclic) bond motifs is 1. The van der Waals surface area contributed by atoms with E-state index in [4.69, 9.17) is 4.98 Å². The van der Waals surface area contributed by atoms with Crippen molar-refractivity contribution in [3.05, 3.63) is 76.4 Å². The first-order valence-corrected chi connectivity index (χ1v) is 16.8. The first-order chi connectivity index (χ1) is 21.2. The number of imidazole rings is 1. The van der Waals surface area contributed by atoms with Crippen LogP contribution in [0.1, 0.15) is 86.9 Å². The standard InChI is InChI=1S/C35H48N6O2S/c1-7-28(8-2)41-32-12-11-26(21-30(32)38-33(41)22-29-10-9-19-44-29)34(42)39-31(20-24(3)4)35(43)37-27-14-17-40(18-15-27)23-25(5)13-16-36-6/h9-13,16,19,21,24,27-28,31H,5-8,14-15,17-18,20,22-23H2,1-4H3,(H,37,43)(H,39,42)/b16-13-/t31-/m0/s1. The molecule has 2 N–H and O–H groups in total. The summed E-state index contributed by atoms with van der Waals surface area (Å²) in [5, 5.41) is 8.36. The van der Waals surface area contributed by atoms with E-state index in [9.17, 15) is 9.59 Å².